The van der Waals surface area contributed by atoms with Crippen LogP contribution in [0.5, 0.6) is 0 Å². The first-order chi connectivity index (χ1) is 11.8. The van der Waals surface area contributed by atoms with Crippen LogP contribution in [-0.4, -0.2) is 28.1 Å². The van der Waals surface area contributed by atoms with E-state index < -0.39 is 11.1 Å². The van der Waals surface area contributed by atoms with Crippen LogP contribution in [0, 0.1) is 5.41 Å². The molecule has 2 heterocycles. The summed E-state index contributed by atoms with van der Waals surface area (Å²) >= 11 is 0. The van der Waals surface area contributed by atoms with Crippen LogP contribution in [0.25, 0.3) is 0 Å². The molecule has 1 N–H and O–H groups in total. The van der Waals surface area contributed by atoms with E-state index >= 15 is 0 Å². The lowest BCUT2D eigenvalue weighted by molar-refractivity contribution is 0.00339. The summed E-state index contributed by atoms with van der Waals surface area (Å²) in [6.45, 7) is 8.26. The average Bonchev–Trinajstić information content (AvgIpc) is 3.02. The van der Waals surface area contributed by atoms with Gasteiger partial charge in [0.1, 0.15) is 0 Å². The second-order valence-electron chi connectivity index (χ2n) is 8.31. The molecule has 1 aliphatic carbocycles. The summed E-state index contributed by atoms with van der Waals surface area (Å²) in [5, 5.41) is 9.64. The van der Waals surface area contributed by atoms with E-state index in [1.807, 2.05) is 26.1 Å². The number of aliphatic imine (C=N–C) groups is 1. The lowest BCUT2D eigenvalue weighted by atomic mass is 9.72. The van der Waals surface area contributed by atoms with Gasteiger partial charge in [0.15, 0.2) is 5.60 Å². The molecule has 1 atom stereocenters. The topological polar surface area (TPSA) is 54.7 Å². The first kappa shape index (κ1) is 16.3. The molecule has 0 radical (unpaired) electrons. The number of benzene rings is 1. The minimum Gasteiger partial charge on any atom is -0.460 e. The van der Waals surface area contributed by atoms with E-state index in [4.69, 9.17) is 9.73 Å². The zero-order valence-electron chi connectivity index (χ0n) is 15.2. The molecular formula is C21H24N2O2. The molecular weight excluding hydrogens is 312 g/mol. The standard InChI is InChI=1S/C21H24N2O2/c1-19(2)11-14-7-5-6-8-16(14)21(19)17-12-22-10-9-15(17)18(25-21)23-20(3,4)13-24/h5-10,12,24H,11,13H2,1-4H3. The van der Waals surface area contributed by atoms with Crippen molar-refractivity contribution < 1.29 is 9.84 Å². The molecule has 1 unspecified atom stereocenters. The van der Waals surface area contributed by atoms with Crippen molar-refractivity contribution in [1.82, 2.24) is 4.98 Å². The van der Waals surface area contributed by atoms with Gasteiger partial charge in [0.05, 0.1) is 12.1 Å². The molecule has 2 aromatic rings. The normalized spacial score (nSPS) is 25.1. The molecule has 0 saturated carbocycles. The monoisotopic (exact) mass is 336 g/mol. The third-order valence-corrected chi connectivity index (χ3v) is 5.45. The third-order valence-electron chi connectivity index (χ3n) is 5.45. The number of hydrogen-bond donors (Lipinski definition) is 1. The zero-order valence-corrected chi connectivity index (χ0v) is 15.2. The summed E-state index contributed by atoms with van der Waals surface area (Å²) in [7, 11) is 0. The maximum atomic E-state index is 9.64. The highest BCUT2D eigenvalue weighted by atomic mass is 16.5. The van der Waals surface area contributed by atoms with Crippen LogP contribution in [0.2, 0.25) is 0 Å². The van der Waals surface area contributed by atoms with Crippen LogP contribution >= 0.6 is 0 Å². The fourth-order valence-corrected chi connectivity index (χ4v) is 4.20. The van der Waals surface area contributed by atoms with E-state index in [1.54, 1.807) is 6.20 Å². The highest BCUT2D eigenvalue weighted by Crippen LogP contribution is 2.59. The number of ether oxygens (including phenoxy) is 1. The summed E-state index contributed by atoms with van der Waals surface area (Å²) in [5.41, 5.74) is 3.24. The van der Waals surface area contributed by atoms with E-state index in [9.17, 15) is 5.11 Å². The predicted octanol–water partition coefficient (Wildman–Crippen LogP) is 3.46. The largest absolute Gasteiger partial charge is 0.460 e. The number of nitrogens with zero attached hydrogens (tertiary/aromatic N) is 2. The van der Waals surface area contributed by atoms with Crippen LogP contribution in [0.4, 0.5) is 0 Å². The molecule has 1 aromatic carbocycles. The van der Waals surface area contributed by atoms with Crippen LogP contribution in [0.3, 0.4) is 0 Å². The van der Waals surface area contributed by atoms with Crippen molar-refractivity contribution in [3.63, 3.8) is 0 Å². The zero-order chi connectivity index (χ0) is 17.9. The number of hydrogen-bond acceptors (Lipinski definition) is 4. The first-order valence-electron chi connectivity index (χ1n) is 8.74. The summed E-state index contributed by atoms with van der Waals surface area (Å²) in [4.78, 5) is 9.12. The Bertz CT molecular complexity index is 870. The first-order valence-corrected chi connectivity index (χ1v) is 8.74. The quantitative estimate of drug-likeness (QED) is 0.914. The van der Waals surface area contributed by atoms with Gasteiger partial charge in [0.2, 0.25) is 5.90 Å². The van der Waals surface area contributed by atoms with Crippen molar-refractivity contribution in [2.24, 2.45) is 10.4 Å². The van der Waals surface area contributed by atoms with Crippen LogP contribution < -0.4 is 0 Å². The molecule has 4 nitrogen and oxygen atoms in total. The lowest BCUT2D eigenvalue weighted by Crippen LogP contribution is -2.40. The SMILES string of the molecule is CC(C)(CO)N=C1OC2(c3ccccc3CC2(C)C)c2cnccc21. The molecule has 0 amide bonds. The smallest absolute Gasteiger partial charge is 0.218 e. The second-order valence-corrected chi connectivity index (χ2v) is 8.31. The molecule has 1 aliphatic heterocycles. The van der Waals surface area contributed by atoms with E-state index in [1.165, 1.54) is 11.1 Å². The Morgan fingerprint density at radius 2 is 1.96 bits per heavy atom. The molecule has 4 heteroatoms. The summed E-state index contributed by atoms with van der Waals surface area (Å²) in [6, 6.07) is 10.4. The number of fused-ring (bicyclic) bond motifs is 4. The highest BCUT2D eigenvalue weighted by molar-refractivity contribution is 6.00. The van der Waals surface area contributed by atoms with Gasteiger partial charge in [0, 0.05) is 34.5 Å². The van der Waals surface area contributed by atoms with Crippen LogP contribution in [0.15, 0.2) is 47.7 Å². The fraction of sp³-hybridized carbons (Fsp3) is 0.429. The van der Waals surface area contributed by atoms with Gasteiger partial charge < -0.3 is 9.84 Å². The number of aliphatic hydroxyl groups is 1. The molecule has 25 heavy (non-hydrogen) atoms. The maximum Gasteiger partial charge on any atom is 0.218 e. The Morgan fingerprint density at radius 1 is 1.20 bits per heavy atom. The molecule has 0 fully saturated rings. The number of aliphatic hydroxyl groups excluding tert-OH is 1. The van der Waals surface area contributed by atoms with Gasteiger partial charge in [-0.05, 0) is 31.9 Å². The van der Waals surface area contributed by atoms with Crippen molar-refractivity contribution in [3.05, 3.63) is 65.0 Å². The molecule has 1 aromatic heterocycles. The lowest BCUT2D eigenvalue weighted by Gasteiger charge is -2.38. The predicted molar refractivity (Wildman–Crippen MR) is 97.7 cm³/mol. The van der Waals surface area contributed by atoms with Gasteiger partial charge in [-0.25, -0.2) is 4.99 Å². The minimum atomic E-state index is -0.594. The second kappa shape index (κ2) is 5.15. The van der Waals surface area contributed by atoms with Gasteiger partial charge in [-0.2, -0.15) is 0 Å². The summed E-state index contributed by atoms with van der Waals surface area (Å²) in [6.07, 6.45) is 4.62. The average molecular weight is 336 g/mol. The maximum absolute atomic E-state index is 9.64. The number of rotatable bonds is 2. The summed E-state index contributed by atoms with van der Waals surface area (Å²) in [5.74, 6) is 0.598. The minimum absolute atomic E-state index is 0.0345. The van der Waals surface area contributed by atoms with Gasteiger partial charge in [-0.15, -0.1) is 0 Å². The molecule has 1 spiro atoms. The fourth-order valence-electron chi connectivity index (χ4n) is 4.20. The van der Waals surface area contributed by atoms with Gasteiger partial charge in [-0.1, -0.05) is 38.1 Å². The van der Waals surface area contributed by atoms with Gasteiger partial charge in [0.25, 0.3) is 0 Å². The van der Waals surface area contributed by atoms with Crippen LogP contribution in [0.1, 0.15) is 49.9 Å². The van der Waals surface area contributed by atoms with E-state index in [2.05, 4.69) is 43.1 Å². The van der Waals surface area contributed by atoms with E-state index in [0.29, 0.717) is 5.90 Å². The molecule has 4 rings (SSSR count). The van der Waals surface area contributed by atoms with Gasteiger partial charge in [-0.3, -0.25) is 4.98 Å². The van der Waals surface area contributed by atoms with Gasteiger partial charge >= 0.3 is 0 Å². The van der Waals surface area contributed by atoms with Crippen molar-refractivity contribution in [3.8, 4) is 0 Å². The van der Waals surface area contributed by atoms with E-state index in [0.717, 1.165) is 17.5 Å². The highest BCUT2D eigenvalue weighted by Gasteiger charge is 2.60. The summed E-state index contributed by atoms with van der Waals surface area (Å²) < 4.78 is 6.66. The Hall–Kier alpha value is -2.20. The van der Waals surface area contributed by atoms with Crippen molar-refractivity contribution in [2.45, 2.75) is 45.3 Å². The van der Waals surface area contributed by atoms with Crippen LogP contribution in [-0.2, 0) is 16.8 Å². The Morgan fingerprint density at radius 3 is 2.72 bits per heavy atom. The molecule has 130 valence electrons. The molecule has 0 saturated heterocycles. The van der Waals surface area contributed by atoms with E-state index in [-0.39, 0.29) is 12.0 Å². The van der Waals surface area contributed by atoms with Crippen molar-refractivity contribution in [2.75, 3.05) is 6.61 Å². The Kier molecular flexibility index (Phi) is 3.35. The molecule has 0 bridgehead atoms. The Balaban J connectivity index is 1.99. The Labute approximate surface area is 148 Å². The third kappa shape index (κ3) is 2.17. The number of aromatic nitrogens is 1. The van der Waals surface area contributed by atoms with Crippen molar-refractivity contribution >= 4 is 5.90 Å². The number of pyridine rings is 1. The molecule has 2 aliphatic rings. The van der Waals surface area contributed by atoms with Crippen molar-refractivity contribution in [1.29, 1.82) is 0 Å².